The van der Waals surface area contributed by atoms with Gasteiger partial charge in [-0.05, 0) is 0 Å². The molecular formula is C11H10F4N6O. The molecule has 2 atom stereocenters. The summed E-state index contributed by atoms with van der Waals surface area (Å²) in [4.78, 5) is 19.5. The van der Waals surface area contributed by atoms with Gasteiger partial charge in [0.25, 0.3) is 5.78 Å². The molecule has 2 N–H and O–H groups in total. The molecule has 118 valence electrons. The average molecular weight is 318 g/mol. The van der Waals surface area contributed by atoms with Gasteiger partial charge < -0.3 is 10.6 Å². The van der Waals surface area contributed by atoms with E-state index in [1.807, 2.05) is 0 Å². The first-order chi connectivity index (χ1) is 10.3. The van der Waals surface area contributed by atoms with Crippen molar-refractivity contribution < 1.29 is 22.4 Å². The van der Waals surface area contributed by atoms with E-state index >= 15 is 0 Å². The number of halogens is 4. The van der Waals surface area contributed by atoms with E-state index < -0.39 is 30.0 Å². The molecule has 3 heterocycles. The summed E-state index contributed by atoms with van der Waals surface area (Å²) in [5.41, 5.74) is 4.00. The van der Waals surface area contributed by atoms with Crippen LogP contribution in [0.3, 0.4) is 0 Å². The molecule has 0 radical (unpaired) electrons. The molecule has 1 fully saturated rings. The van der Waals surface area contributed by atoms with Crippen molar-refractivity contribution in [3.05, 3.63) is 18.1 Å². The second-order valence-electron chi connectivity index (χ2n) is 4.87. The highest BCUT2D eigenvalue weighted by molar-refractivity contribution is 5.84. The first-order valence-corrected chi connectivity index (χ1v) is 6.25. The maximum atomic E-state index is 13.6. The van der Waals surface area contributed by atoms with E-state index in [9.17, 15) is 22.4 Å². The van der Waals surface area contributed by atoms with Crippen molar-refractivity contribution in [2.24, 2.45) is 5.73 Å². The van der Waals surface area contributed by atoms with Crippen LogP contribution < -0.4 is 10.6 Å². The lowest BCUT2D eigenvalue weighted by molar-refractivity contribution is -0.141. The normalized spacial score (nSPS) is 22.5. The Labute approximate surface area is 120 Å². The Hall–Kier alpha value is -2.46. The van der Waals surface area contributed by atoms with E-state index in [2.05, 4.69) is 15.1 Å². The van der Waals surface area contributed by atoms with Crippen molar-refractivity contribution in [3.63, 3.8) is 0 Å². The number of nitrogens with zero attached hydrogens (tertiary/aromatic N) is 5. The summed E-state index contributed by atoms with van der Waals surface area (Å²) < 4.78 is 53.4. The smallest absolute Gasteiger partial charge is 0.368 e. The predicted octanol–water partition coefficient (Wildman–Crippen LogP) is 0.545. The van der Waals surface area contributed by atoms with Crippen LogP contribution in [0.4, 0.5) is 23.4 Å². The third kappa shape index (κ3) is 2.31. The molecule has 7 nitrogen and oxygen atoms in total. The SMILES string of the molecule is NC(=O)[C@@H]1C[C@@H](F)CN1c1cc(C(F)(F)F)nc2ncnn12. The van der Waals surface area contributed by atoms with Gasteiger partial charge in [0, 0.05) is 12.5 Å². The number of hydrogen-bond donors (Lipinski definition) is 1. The molecule has 2 aromatic heterocycles. The molecule has 0 bridgehead atoms. The predicted molar refractivity (Wildman–Crippen MR) is 65.6 cm³/mol. The summed E-state index contributed by atoms with van der Waals surface area (Å²) in [7, 11) is 0. The van der Waals surface area contributed by atoms with Gasteiger partial charge in [-0.3, -0.25) is 4.79 Å². The average Bonchev–Trinajstić information content (AvgIpc) is 3.02. The molecule has 3 rings (SSSR count). The molecule has 1 saturated heterocycles. The highest BCUT2D eigenvalue weighted by Gasteiger charge is 2.40. The fraction of sp³-hybridized carbons (Fsp3) is 0.455. The van der Waals surface area contributed by atoms with E-state index in [-0.39, 0.29) is 24.6 Å². The van der Waals surface area contributed by atoms with Gasteiger partial charge in [-0.2, -0.15) is 27.8 Å². The molecule has 0 spiro atoms. The number of primary amides is 1. The van der Waals surface area contributed by atoms with Crippen molar-refractivity contribution in [3.8, 4) is 0 Å². The van der Waals surface area contributed by atoms with Crippen molar-refractivity contribution in [1.29, 1.82) is 0 Å². The van der Waals surface area contributed by atoms with Crippen LogP contribution in [0.2, 0.25) is 0 Å². The standard InChI is InChI=1S/C11H10F4N6O/c12-5-1-6(9(16)22)20(3-5)8-2-7(11(13,14)15)19-10-17-4-18-21(8)10/h2,4-6H,1,3H2,(H2,16,22)/t5-,6+/m1/s1. The Kier molecular flexibility index (Phi) is 3.15. The first-order valence-electron chi connectivity index (χ1n) is 6.25. The van der Waals surface area contributed by atoms with Crippen molar-refractivity contribution in [1.82, 2.24) is 19.6 Å². The quantitative estimate of drug-likeness (QED) is 0.817. The van der Waals surface area contributed by atoms with E-state index in [4.69, 9.17) is 5.73 Å². The van der Waals surface area contributed by atoms with E-state index in [0.29, 0.717) is 6.07 Å². The molecular weight excluding hydrogens is 308 g/mol. The summed E-state index contributed by atoms with van der Waals surface area (Å²) in [6, 6.07) is -0.346. The molecule has 1 amide bonds. The van der Waals surface area contributed by atoms with Crippen LogP contribution in [0.15, 0.2) is 12.4 Å². The summed E-state index contributed by atoms with van der Waals surface area (Å²) in [5, 5.41) is 3.76. The number of carbonyl (C=O) groups is 1. The highest BCUT2D eigenvalue weighted by atomic mass is 19.4. The van der Waals surface area contributed by atoms with Crippen molar-refractivity contribution in [2.75, 3.05) is 11.4 Å². The van der Waals surface area contributed by atoms with Crippen molar-refractivity contribution >= 4 is 17.5 Å². The van der Waals surface area contributed by atoms with Crippen LogP contribution in [-0.4, -0.2) is 44.2 Å². The fourth-order valence-electron chi connectivity index (χ4n) is 2.45. The Morgan fingerprint density at radius 1 is 1.41 bits per heavy atom. The van der Waals surface area contributed by atoms with Crippen LogP contribution in [0.1, 0.15) is 12.1 Å². The zero-order valence-corrected chi connectivity index (χ0v) is 11.0. The summed E-state index contributed by atoms with van der Waals surface area (Å²) in [5.74, 6) is -1.24. The summed E-state index contributed by atoms with van der Waals surface area (Å²) in [6.07, 6.45) is -5.25. The Morgan fingerprint density at radius 3 is 2.77 bits per heavy atom. The molecule has 0 saturated carbocycles. The third-order valence-electron chi connectivity index (χ3n) is 3.40. The molecule has 2 aromatic rings. The topological polar surface area (TPSA) is 89.4 Å². The Bertz CT molecular complexity index is 729. The number of fused-ring (bicyclic) bond motifs is 1. The molecule has 1 aliphatic rings. The number of hydrogen-bond acceptors (Lipinski definition) is 5. The first kappa shape index (κ1) is 14.5. The lowest BCUT2D eigenvalue weighted by Crippen LogP contribution is -2.41. The number of aromatic nitrogens is 4. The van der Waals surface area contributed by atoms with E-state index in [1.54, 1.807) is 0 Å². The third-order valence-corrected chi connectivity index (χ3v) is 3.40. The minimum Gasteiger partial charge on any atom is -0.368 e. The minimum absolute atomic E-state index is 0.126. The van der Waals surface area contributed by atoms with Gasteiger partial charge in [0.05, 0.1) is 6.54 Å². The monoisotopic (exact) mass is 318 g/mol. The van der Waals surface area contributed by atoms with Crippen LogP contribution in [-0.2, 0) is 11.0 Å². The highest BCUT2D eigenvalue weighted by Crippen LogP contribution is 2.33. The van der Waals surface area contributed by atoms with Crippen LogP contribution in [0, 0.1) is 0 Å². The zero-order valence-electron chi connectivity index (χ0n) is 11.0. The molecule has 0 aromatic carbocycles. The number of nitrogens with two attached hydrogens (primary N) is 1. The number of alkyl halides is 4. The number of anilines is 1. The second-order valence-corrected chi connectivity index (χ2v) is 4.87. The van der Waals surface area contributed by atoms with Gasteiger partial charge in [0.1, 0.15) is 24.4 Å². The van der Waals surface area contributed by atoms with Crippen molar-refractivity contribution in [2.45, 2.75) is 24.8 Å². The summed E-state index contributed by atoms with van der Waals surface area (Å²) >= 11 is 0. The molecule has 11 heteroatoms. The largest absolute Gasteiger partial charge is 0.433 e. The van der Waals surface area contributed by atoms with Gasteiger partial charge in [-0.1, -0.05) is 0 Å². The van der Waals surface area contributed by atoms with Gasteiger partial charge >= 0.3 is 6.18 Å². The van der Waals surface area contributed by atoms with Gasteiger partial charge in [0.2, 0.25) is 5.91 Å². The van der Waals surface area contributed by atoms with Gasteiger partial charge in [-0.25, -0.2) is 9.37 Å². The molecule has 1 aliphatic heterocycles. The van der Waals surface area contributed by atoms with Crippen LogP contribution in [0.25, 0.3) is 5.78 Å². The van der Waals surface area contributed by atoms with E-state index in [1.165, 1.54) is 0 Å². The fourth-order valence-corrected chi connectivity index (χ4v) is 2.45. The minimum atomic E-state index is -4.71. The van der Waals surface area contributed by atoms with E-state index in [0.717, 1.165) is 15.7 Å². The van der Waals surface area contributed by atoms with Crippen LogP contribution >= 0.6 is 0 Å². The second kappa shape index (κ2) is 4.78. The molecule has 0 unspecified atom stereocenters. The number of carbonyl (C=O) groups excluding carboxylic acids is 1. The molecule has 0 aliphatic carbocycles. The maximum Gasteiger partial charge on any atom is 0.433 e. The number of rotatable bonds is 2. The number of amides is 1. The van der Waals surface area contributed by atoms with Gasteiger partial charge in [-0.15, -0.1) is 0 Å². The van der Waals surface area contributed by atoms with Gasteiger partial charge in [0.15, 0.2) is 5.69 Å². The Morgan fingerprint density at radius 2 is 2.14 bits per heavy atom. The van der Waals surface area contributed by atoms with Crippen LogP contribution in [0.5, 0.6) is 0 Å². The zero-order chi connectivity index (χ0) is 16.1. The lowest BCUT2D eigenvalue weighted by atomic mass is 10.2. The summed E-state index contributed by atoms with van der Waals surface area (Å²) in [6.45, 7) is -0.260. The molecule has 22 heavy (non-hydrogen) atoms. The lowest BCUT2D eigenvalue weighted by Gasteiger charge is -2.24. The maximum absolute atomic E-state index is 13.6. The Balaban J connectivity index is 2.16.